The number of hydrogen-bond donors (Lipinski definition) is 0. The van der Waals surface area contributed by atoms with Gasteiger partial charge in [-0.05, 0) is 28.1 Å². The number of rotatable bonds is 0. The normalized spacial score (nSPS) is 10.5. The fourth-order valence-corrected chi connectivity index (χ4v) is 1.24. The van der Waals surface area contributed by atoms with Crippen molar-refractivity contribution in [3.05, 3.63) is 29.3 Å². The first kappa shape index (κ1) is 5.85. The Morgan fingerprint density at radius 1 is 1.30 bits per heavy atom. The molecule has 2 aromatic heterocycles. The molecule has 0 aromatic carbocycles. The smallest absolute Gasteiger partial charge is 0.198 e. The van der Waals surface area contributed by atoms with Gasteiger partial charge in [-0.25, -0.2) is 9.50 Å². The van der Waals surface area contributed by atoms with Crippen LogP contribution in [0, 0.1) is 0 Å². The van der Waals surface area contributed by atoms with E-state index in [2.05, 4.69) is 26.0 Å². The number of hydrogen-bond acceptors (Lipinski definition) is 2. The molecular weight excluding hydrogens is 194 g/mol. The van der Waals surface area contributed by atoms with Gasteiger partial charge in [-0.15, -0.1) is 0 Å². The van der Waals surface area contributed by atoms with Crippen LogP contribution < -0.4 is 0 Å². The fraction of sp³-hybridized carbons (Fsp3) is 0. The number of nitrogens with zero attached hydrogens (tertiary/aromatic N) is 3. The van der Waals surface area contributed by atoms with Crippen molar-refractivity contribution in [2.45, 2.75) is 0 Å². The molecule has 0 radical (unpaired) electrons. The van der Waals surface area contributed by atoms with E-state index >= 15 is 0 Å². The van der Waals surface area contributed by atoms with Crippen LogP contribution >= 0.6 is 15.9 Å². The molecule has 0 atom stereocenters. The van der Waals surface area contributed by atoms with E-state index in [-0.39, 0.29) is 0 Å². The molecule has 4 heteroatoms. The molecule has 0 unspecified atom stereocenters. The van der Waals surface area contributed by atoms with Crippen molar-refractivity contribution in [3.63, 3.8) is 0 Å². The van der Waals surface area contributed by atoms with Crippen molar-refractivity contribution in [2.75, 3.05) is 0 Å². The predicted octanol–water partition coefficient (Wildman–Crippen LogP) is 1.49. The zero-order valence-corrected chi connectivity index (χ0v) is 6.62. The Bertz CT molecular complexity index is 355. The van der Waals surface area contributed by atoms with Crippen molar-refractivity contribution in [2.24, 2.45) is 0 Å². The molecule has 0 bridgehead atoms. The van der Waals surface area contributed by atoms with Crippen LogP contribution in [0.1, 0.15) is 0 Å². The van der Waals surface area contributed by atoms with E-state index in [1.807, 2.05) is 12.1 Å². The van der Waals surface area contributed by atoms with Crippen molar-refractivity contribution < 1.29 is 0 Å². The van der Waals surface area contributed by atoms with Gasteiger partial charge in [0.05, 0.1) is 11.7 Å². The molecule has 0 saturated carbocycles. The lowest BCUT2D eigenvalue weighted by Gasteiger charge is -1.92. The maximum atomic E-state index is 4.03. The summed E-state index contributed by atoms with van der Waals surface area (Å²) >= 11 is 3.27. The van der Waals surface area contributed by atoms with Crippen molar-refractivity contribution in [3.8, 4) is 0 Å². The first-order chi connectivity index (χ1) is 4.88. The SMILES string of the molecule is Brc1nccc2ccnn12. The average molecular weight is 198 g/mol. The summed E-state index contributed by atoms with van der Waals surface area (Å²) in [5.41, 5.74) is 1.04. The Morgan fingerprint density at radius 3 is 2.90 bits per heavy atom. The summed E-state index contributed by atoms with van der Waals surface area (Å²) in [4.78, 5) is 4.00. The second-order valence-corrected chi connectivity index (χ2v) is 2.59. The zero-order chi connectivity index (χ0) is 6.97. The van der Waals surface area contributed by atoms with Gasteiger partial charge in [-0.1, -0.05) is 0 Å². The predicted molar refractivity (Wildman–Crippen MR) is 40.7 cm³/mol. The Kier molecular flexibility index (Phi) is 1.20. The summed E-state index contributed by atoms with van der Waals surface area (Å²) < 4.78 is 2.45. The summed E-state index contributed by atoms with van der Waals surface area (Å²) in [5.74, 6) is 0. The topological polar surface area (TPSA) is 30.2 Å². The molecule has 0 aliphatic carbocycles. The molecule has 0 aliphatic rings. The second kappa shape index (κ2) is 2.05. The minimum Gasteiger partial charge on any atom is -0.231 e. The lowest BCUT2D eigenvalue weighted by Crippen LogP contribution is -1.90. The van der Waals surface area contributed by atoms with E-state index in [1.54, 1.807) is 16.9 Å². The van der Waals surface area contributed by atoms with Crippen LogP contribution in [0.15, 0.2) is 29.3 Å². The van der Waals surface area contributed by atoms with Crippen LogP contribution in [0.4, 0.5) is 0 Å². The highest BCUT2D eigenvalue weighted by molar-refractivity contribution is 9.10. The van der Waals surface area contributed by atoms with Gasteiger partial charge < -0.3 is 0 Å². The van der Waals surface area contributed by atoms with Crippen LogP contribution in [0.2, 0.25) is 0 Å². The van der Waals surface area contributed by atoms with E-state index in [0.29, 0.717) is 0 Å². The van der Waals surface area contributed by atoms with Crippen LogP contribution in [0.3, 0.4) is 0 Å². The van der Waals surface area contributed by atoms with E-state index in [4.69, 9.17) is 0 Å². The highest BCUT2D eigenvalue weighted by atomic mass is 79.9. The highest BCUT2D eigenvalue weighted by Crippen LogP contribution is 2.07. The molecule has 3 nitrogen and oxygen atoms in total. The molecule has 0 amide bonds. The Hall–Kier alpha value is -0.900. The van der Waals surface area contributed by atoms with E-state index < -0.39 is 0 Å². The standard InChI is InChI=1S/C6H4BrN3/c7-6-8-3-1-5-2-4-9-10(5)6/h1-4H. The monoisotopic (exact) mass is 197 g/mol. The zero-order valence-electron chi connectivity index (χ0n) is 5.03. The molecule has 0 N–H and O–H groups in total. The molecule has 50 valence electrons. The Balaban J connectivity index is 2.95. The third-order valence-corrected chi connectivity index (χ3v) is 1.81. The van der Waals surface area contributed by atoms with Gasteiger partial charge in [0.2, 0.25) is 0 Å². The minimum absolute atomic E-state index is 0.731. The molecule has 10 heavy (non-hydrogen) atoms. The fourth-order valence-electron chi connectivity index (χ4n) is 0.824. The van der Waals surface area contributed by atoms with Gasteiger partial charge in [-0.2, -0.15) is 5.10 Å². The molecular formula is C6H4BrN3. The van der Waals surface area contributed by atoms with Gasteiger partial charge in [-0.3, -0.25) is 0 Å². The molecule has 0 spiro atoms. The summed E-state index contributed by atoms with van der Waals surface area (Å²) in [6.45, 7) is 0. The average Bonchev–Trinajstić information content (AvgIpc) is 2.36. The Labute approximate surface area is 65.8 Å². The van der Waals surface area contributed by atoms with Crippen molar-refractivity contribution in [1.82, 2.24) is 14.6 Å². The summed E-state index contributed by atoms with van der Waals surface area (Å²) in [6.07, 6.45) is 3.48. The summed E-state index contributed by atoms with van der Waals surface area (Å²) in [6, 6.07) is 3.82. The number of aromatic nitrogens is 3. The van der Waals surface area contributed by atoms with E-state index in [9.17, 15) is 0 Å². The lowest BCUT2D eigenvalue weighted by atomic mass is 10.5. The van der Waals surface area contributed by atoms with Gasteiger partial charge in [0, 0.05) is 6.20 Å². The third-order valence-electron chi connectivity index (χ3n) is 1.27. The van der Waals surface area contributed by atoms with Crippen LogP contribution in [0.25, 0.3) is 5.52 Å². The lowest BCUT2D eigenvalue weighted by molar-refractivity contribution is 0.888. The maximum Gasteiger partial charge on any atom is 0.198 e. The second-order valence-electron chi connectivity index (χ2n) is 1.88. The van der Waals surface area contributed by atoms with Crippen LogP contribution in [-0.4, -0.2) is 14.6 Å². The molecule has 0 saturated heterocycles. The third kappa shape index (κ3) is 0.724. The summed E-state index contributed by atoms with van der Waals surface area (Å²) in [7, 11) is 0. The van der Waals surface area contributed by atoms with Crippen LogP contribution in [0.5, 0.6) is 0 Å². The van der Waals surface area contributed by atoms with Gasteiger partial charge in [0.1, 0.15) is 0 Å². The minimum atomic E-state index is 0.731. The number of fused-ring (bicyclic) bond motifs is 1. The van der Waals surface area contributed by atoms with E-state index in [1.165, 1.54) is 0 Å². The molecule has 2 aromatic rings. The first-order valence-electron chi connectivity index (χ1n) is 2.82. The van der Waals surface area contributed by atoms with Crippen LogP contribution in [-0.2, 0) is 0 Å². The van der Waals surface area contributed by atoms with Gasteiger partial charge in [0.25, 0.3) is 0 Å². The van der Waals surface area contributed by atoms with Gasteiger partial charge >= 0.3 is 0 Å². The largest absolute Gasteiger partial charge is 0.231 e. The number of halogens is 1. The molecule has 0 fully saturated rings. The molecule has 2 rings (SSSR count). The summed E-state index contributed by atoms with van der Waals surface area (Å²) in [5, 5.41) is 4.03. The first-order valence-corrected chi connectivity index (χ1v) is 3.61. The highest BCUT2D eigenvalue weighted by Gasteiger charge is 1.95. The Morgan fingerprint density at radius 2 is 2.10 bits per heavy atom. The quantitative estimate of drug-likeness (QED) is 0.600. The molecule has 0 aliphatic heterocycles. The van der Waals surface area contributed by atoms with Crippen molar-refractivity contribution in [1.29, 1.82) is 0 Å². The van der Waals surface area contributed by atoms with Gasteiger partial charge in [0.15, 0.2) is 4.73 Å². The van der Waals surface area contributed by atoms with E-state index in [0.717, 1.165) is 10.3 Å². The van der Waals surface area contributed by atoms with Crippen molar-refractivity contribution >= 4 is 21.4 Å². The molecule has 2 heterocycles. The maximum absolute atomic E-state index is 4.03.